The predicted molar refractivity (Wildman–Crippen MR) is 71.6 cm³/mol. The molecular weight excluding hydrogens is 232 g/mol. The van der Waals surface area contributed by atoms with Gasteiger partial charge in [0.25, 0.3) is 0 Å². The van der Waals surface area contributed by atoms with Crippen LogP contribution in [0, 0.1) is 0 Å². The second-order valence-electron chi connectivity index (χ2n) is 4.47. The third kappa shape index (κ3) is 2.03. The molecular formula is C13H16N2OS. The van der Waals surface area contributed by atoms with Crippen LogP contribution in [-0.4, -0.2) is 23.2 Å². The summed E-state index contributed by atoms with van der Waals surface area (Å²) in [4.78, 5) is 7.05. The van der Waals surface area contributed by atoms with Gasteiger partial charge in [-0.2, -0.15) is 0 Å². The molecule has 0 saturated carbocycles. The van der Waals surface area contributed by atoms with Gasteiger partial charge in [0.15, 0.2) is 5.13 Å². The van der Waals surface area contributed by atoms with Gasteiger partial charge in [-0.05, 0) is 30.9 Å². The van der Waals surface area contributed by atoms with Gasteiger partial charge < -0.3 is 10.0 Å². The van der Waals surface area contributed by atoms with Gasteiger partial charge in [-0.15, -0.1) is 0 Å². The van der Waals surface area contributed by atoms with E-state index in [1.54, 1.807) is 11.3 Å². The Balaban J connectivity index is 2.00. The molecule has 1 aliphatic heterocycles. The third-order valence-corrected chi connectivity index (χ3v) is 4.49. The Hall–Kier alpha value is -1.13. The number of anilines is 1. The topological polar surface area (TPSA) is 36.4 Å². The smallest absolute Gasteiger partial charge is 0.186 e. The summed E-state index contributed by atoms with van der Waals surface area (Å²) in [5.74, 6) is 0. The maximum Gasteiger partial charge on any atom is 0.186 e. The van der Waals surface area contributed by atoms with E-state index in [2.05, 4.69) is 9.88 Å². The van der Waals surface area contributed by atoms with Crippen LogP contribution >= 0.6 is 11.3 Å². The fraction of sp³-hybridized carbons (Fsp3) is 0.462. The van der Waals surface area contributed by atoms with E-state index in [4.69, 9.17) is 0 Å². The van der Waals surface area contributed by atoms with Crippen LogP contribution in [0.15, 0.2) is 18.2 Å². The van der Waals surface area contributed by atoms with E-state index in [-0.39, 0.29) is 6.61 Å². The van der Waals surface area contributed by atoms with Gasteiger partial charge in [0.05, 0.1) is 16.8 Å². The Morgan fingerprint density at radius 2 is 2.06 bits per heavy atom. The first-order valence-corrected chi connectivity index (χ1v) is 6.94. The largest absolute Gasteiger partial charge is 0.392 e. The van der Waals surface area contributed by atoms with E-state index in [1.165, 1.54) is 19.3 Å². The van der Waals surface area contributed by atoms with Crippen molar-refractivity contribution in [2.45, 2.75) is 25.9 Å². The predicted octanol–water partition coefficient (Wildman–Crippen LogP) is 2.78. The molecule has 1 saturated heterocycles. The van der Waals surface area contributed by atoms with Crippen molar-refractivity contribution in [2.24, 2.45) is 0 Å². The zero-order chi connectivity index (χ0) is 11.7. The van der Waals surface area contributed by atoms with Gasteiger partial charge in [0.2, 0.25) is 0 Å². The molecule has 0 unspecified atom stereocenters. The molecule has 17 heavy (non-hydrogen) atoms. The lowest BCUT2D eigenvalue weighted by Crippen LogP contribution is -2.29. The fourth-order valence-corrected chi connectivity index (χ4v) is 3.46. The molecule has 3 nitrogen and oxygen atoms in total. The highest BCUT2D eigenvalue weighted by Crippen LogP contribution is 2.32. The lowest BCUT2D eigenvalue weighted by atomic mass is 10.1. The second kappa shape index (κ2) is 4.63. The van der Waals surface area contributed by atoms with E-state index in [1.807, 2.05) is 18.2 Å². The first-order chi connectivity index (χ1) is 8.38. The molecule has 4 heteroatoms. The Morgan fingerprint density at radius 1 is 1.24 bits per heavy atom. The maximum atomic E-state index is 9.32. The number of piperidine rings is 1. The Labute approximate surface area is 105 Å². The highest BCUT2D eigenvalue weighted by molar-refractivity contribution is 7.22. The summed E-state index contributed by atoms with van der Waals surface area (Å²) in [6.07, 6.45) is 3.87. The molecule has 0 atom stereocenters. The number of aromatic nitrogens is 1. The fourth-order valence-electron chi connectivity index (χ4n) is 2.34. The van der Waals surface area contributed by atoms with Gasteiger partial charge in [-0.1, -0.05) is 23.5 Å². The van der Waals surface area contributed by atoms with Crippen LogP contribution in [0.4, 0.5) is 5.13 Å². The minimum Gasteiger partial charge on any atom is -0.392 e. The van der Waals surface area contributed by atoms with Crippen LogP contribution in [0.25, 0.3) is 10.2 Å². The average Bonchev–Trinajstić information content (AvgIpc) is 2.83. The zero-order valence-electron chi connectivity index (χ0n) is 9.72. The molecule has 0 spiro atoms. The molecule has 1 aromatic heterocycles. The van der Waals surface area contributed by atoms with Gasteiger partial charge in [0, 0.05) is 13.1 Å². The number of fused-ring (bicyclic) bond motifs is 1. The monoisotopic (exact) mass is 248 g/mol. The maximum absolute atomic E-state index is 9.32. The Bertz CT molecular complexity index is 517. The van der Waals surface area contributed by atoms with E-state index in [9.17, 15) is 5.11 Å². The van der Waals surface area contributed by atoms with Crippen LogP contribution in [0.1, 0.15) is 24.8 Å². The molecule has 0 aliphatic carbocycles. The Morgan fingerprint density at radius 3 is 2.82 bits per heavy atom. The van der Waals surface area contributed by atoms with Crippen molar-refractivity contribution in [3.8, 4) is 0 Å². The van der Waals surface area contributed by atoms with Crippen LogP contribution in [0.2, 0.25) is 0 Å². The molecule has 2 aromatic rings. The minimum atomic E-state index is 0.0962. The Kier molecular flexibility index (Phi) is 2.99. The number of benzene rings is 1. The summed E-state index contributed by atoms with van der Waals surface area (Å²) in [5, 5.41) is 10.4. The molecule has 2 heterocycles. The van der Waals surface area contributed by atoms with E-state index in [0.717, 1.165) is 34.0 Å². The summed E-state index contributed by atoms with van der Waals surface area (Å²) in [7, 11) is 0. The lowest BCUT2D eigenvalue weighted by molar-refractivity contribution is 0.283. The molecule has 1 N–H and O–H groups in total. The van der Waals surface area contributed by atoms with Crippen molar-refractivity contribution in [1.29, 1.82) is 0 Å². The number of aliphatic hydroxyl groups excluding tert-OH is 1. The molecule has 1 aromatic carbocycles. The van der Waals surface area contributed by atoms with Gasteiger partial charge in [-0.3, -0.25) is 0 Å². The van der Waals surface area contributed by atoms with Gasteiger partial charge in [-0.25, -0.2) is 4.98 Å². The molecule has 90 valence electrons. The van der Waals surface area contributed by atoms with Gasteiger partial charge >= 0.3 is 0 Å². The molecule has 0 radical (unpaired) electrons. The van der Waals surface area contributed by atoms with Crippen molar-refractivity contribution in [3.05, 3.63) is 23.8 Å². The van der Waals surface area contributed by atoms with E-state index in [0.29, 0.717) is 0 Å². The van der Waals surface area contributed by atoms with Crippen molar-refractivity contribution in [3.63, 3.8) is 0 Å². The van der Waals surface area contributed by atoms with E-state index < -0.39 is 0 Å². The molecule has 1 aliphatic rings. The average molecular weight is 248 g/mol. The van der Waals surface area contributed by atoms with Crippen molar-refractivity contribution in [2.75, 3.05) is 18.0 Å². The zero-order valence-corrected chi connectivity index (χ0v) is 10.5. The lowest BCUT2D eigenvalue weighted by Gasteiger charge is -2.25. The van der Waals surface area contributed by atoms with Crippen LogP contribution < -0.4 is 4.90 Å². The molecule has 0 amide bonds. The SMILES string of the molecule is OCc1cccc2nc(N3CCCCC3)sc12. The van der Waals surface area contributed by atoms with Crippen LogP contribution in [0.5, 0.6) is 0 Å². The quantitative estimate of drug-likeness (QED) is 0.887. The third-order valence-electron chi connectivity index (χ3n) is 3.28. The number of hydrogen-bond donors (Lipinski definition) is 1. The van der Waals surface area contributed by atoms with Gasteiger partial charge in [0.1, 0.15) is 0 Å². The van der Waals surface area contributed by atoms with Crippen molar-refractivity contribution in [1.82, 2.24) is 4.98 Å². The number of rotatable bonds is 2. The second-order valence-corrected chi connectivity index (χ2v) is 5.45. The minimum absolute atomic E-state index is 0.0962. The summed E-state index contributed by atoms with van der Waals surface area (Å²) in [6.45, 7) is 2.33. The van der Waals surface area contributed by atoms with Crippen molar-refractivity contribution < 1.29 is 5.11 Å². The number of thiazole rings is 1. The molecule has 1 fully saturated rings. The highest BCUT2D eigenvalue weighted by atomic mass is 32.1. The van der Waals surface area contributed by atoms with Crippen LogP contribution in [0.3, 0.4) is 0 Å². The summed E-state index contributed by atoms with van der Waals surface area (Å²) >= 11 is 1.71. The molecule has 3 rings (SSSR count). The first kappa shape index (κ1) is 11.0. The summed E-state index contributed by atoms with van der Waals surface area (Å²) < 4.78 is 1.13. The summed E-state index contributed by atoms with van der Waals surface area (Å²) in [5.41, 5.74) is 2.00. The van der Waals surface area contributed by atoms with Crippen LogP contribution in [-0.2, 0) is 6.61 Å². The summed E-state index contributed by atoms with van der Waals surface area (Å²) in [6, 6.07) is 5.96. The number of hydrogen-bond acceptors (Lipinski definition) is 4. The first-order valence-electron chi connectivity index (χ1n) is 6.13. The molecule has 0 bridgehead atoms. The van der Waals surface area contributed by atoms with E-state index >= 15 is 0 Å². The van der Waals surface area contributed by atoms with Crippen molar-refractivity contribution >= 4 is 26.7 Å². The standard InChI is InChI=1S/C13H16N2OS/c16-9-10-5-4-6-11-12(10)17-13(14-11)15-7-2-1-3-8-15/h4-6,16H,1-3,7-9H2. The normalized spacial score (nSPS) is 16.6. The number of nitrogens with zero attached hydrogens (tertiary/aromatic N) is 2. The highest BCUT2D eigenvalue weighted by Gasteiger charge is 2.15. The number of aliphatic hydroxyl groups is 1.